The van der Waals surface area contributed by atoms with Crippen LogP contribution in [0.4, 0.5) is 14.5 Å². The number of hydrogen-bond acceptors (Lipinski definition) is 3. The van der Waals surface area contributed by atoms with Crippen molar-refractivity contribution in [3.8, 4) is 0 Å². The summed E-state index contributed by atoms with van der Waals surface area (Å²) < 4.78 is 26.4. The standard InChI is InChI=1S/C13H14F2N2O3/c14-9-2-1-3-10(11(9)15)16-12(19)13(20)17-6-4-8(18)5-7-17/h1-3,8,18H,4-7H2,(H,16,19). The summed E-state index contributed by atoms with van der Waals surface area (Å²) in [7, 11) is 0. The maximum absolute atomic E-state index is 13.4. The summed E-state index contributed by atoms with van der Waals surface area (Å²) in [6, 6.07) is 3.32. The summed E-state index contributed by atoms with van der Waals surface area (Å²) in [4.78, 5) is 24.8. The van der Waals surface area contributed by atoms with Crippen LogP contribution in [0.1, 0.15) is 12.8 Å². The van der Waals surface area contributed by atoms with Crippen LogP contribution < -0.4 is 5.32 Å². The van der Waals surface area contributed by atoms with E-state index in [2.05, 4.69) is 5.32 Å². The number of carbonyl (C=O) groups excluding carboxylic acids is 2. The number of aliphatic hydroxyl groups is 1. The molecule has 0 atom stereocenters. The van der Waals surface area contributed by atoms with Gasteiger partial charge in [0.15, 0.2) is 11.6 Å². The molecule has 0 saturated carbocycles. The van der Waals surface area contributed by atoms with E-state index < -0.39 is 29.6 Å². The predicted octanol–water partition coefficient (Wildman–Crippen LogP) is 0.887. The SMILES string of the molecule is O=C(Nc1cccc(F)c1F)C(=O)N1CCC(O)CC1. The van der Waals surface area contributed by atoms with Gasteiger partial charge < -0.3 is 15.3 Å². The van der Waals surface area contributed by atoms with Gasteiger partial charge in [0.2, 0.25) is 0 Å². The zero-order chi connectivity index (χ0) is 14.7. The Bertz CT molecular complexity index is 528. The van der Waals surface area contributed by atoms with E-state index in [4.69, 9.17) is 0 Å². The predicted molar refractivity (Wildman–Crippen MR) is 66.8 cm³/mol. The van der Waals surface area contributed by atoms with Crippen LogP contribution in [0, 0.1) is 11.6 Å². The number of carbonyl (C=O) groups is 2. The van der Waals surface area contributed by atoms with Gasteiger partial charge in [0, 0.05) is 13.1 Å². The zero-order valence-electron chi connectivity index (χ0n) is 10.6. The number of aliphatic hydroxyl groups excluding tert-OH is 1. The van der Waals surface area contributed by atoms with E-state index in [0.717, 1.165) is 6.07 Å². The number of rotatable bonds is 1. The van der Waals surface area contributed by atoms with Crippen molar-refractivity contribution in [3.05, 3.63) is 29.8 Å². The van der Waals surface area contributed by atoms with Gasteiger partial charge >= 0.3 is 11.8 Å². The molecule has 2 amide bonds. The largest absolute Gasteiger partial charge is 0.393 e. The molecule has 1 aliphatic heterocycles. The maximum Gasteiger partial charge on any atom is 0.313 e. The molecule has 0 aliphatic carbocycles. The Balaban J connectivity index is 2.01. The highest BCUT2D eigenvalue weighted by molar-refractivity contribution is 6.39. The molecular formula is C13H14F2N2O3. The minimum atomic E-state index is -1.21. The molecule has 7 heteroatoms. The Morgan fingerprint density at radius 3 is 2.55 bits per heavy atom. The van der Waals surface area contributed by atoms with Gasteiger partial charge in [-0.1, -0.05) is 6.07 Å². The lowest BCUT2D eigenvalue weighted by molar-refractivity contribution is -0.144. The molecule has 2 rings (SSSR count). The molecule has 0 spiro atoms. The molecule has 0 aromatic heterocycles. The van der Waals surface area contributed by atoms with Gasteiger partial charge in [0.25, 0.3) is 0 Å². The lowest BCUT2D eigenvalue weighted by Crippen LogP contribution is -2.45. The van der Waals surface area contributed by atoms with Gasteiger partial charge in [-0.3, -0.25) is 9.59 Å². The van der Waals surface area contributed by atoms with E-state index in [1.165, 1.54) is 17.0 Å². The Hall–Kier alpha value is -2.02. The van der Waals surface area contributed by atoms with Gasteiger partial charge in [-0.15, -0.1) is 0 Å². The highest BCUT2D eigenvalue weighted by Gasteiger charge is 2.26. The second kappa shape index (κ2) is 5.96. The van der Waals surface area contributed by atoms with Gasteiger partial charge in [-0.05, 0) is 25.0 Å². The van der Waals surface area contributed by atoms with Crippen LogP contribution in [0.15, 0.2) is 18.2 Å². The van der Waals surface area contributed by atoms with E-state index in [9.17, 15) is 23.5 Å². The average molecular weight is 284 g/mol. The summed E-state index contributed by atoms with van der Waals surface area (Å²) in [5.74, 6) is -4.15. The number of hydrogen-bond donors (Lipinski definition) is 2. The molecular weight excluding hydrogens is 270 g/mol. The highest BCUT2D eigenvalue weighted by Crippen LogP contribution is 2.17. The van der Waals surface area contributed by atoms with E-state index in [1.54, 1.807) is 0 Å². The maximum atomic E-state index is 13.4. The van der Waals surface area contributed by atoms with Gasteiger partial charge in [-0.2, -0.15) is 0 Å². The summed E-state index contributed by atoms with van der Waals surface area (Å²) in [6.45, 7) is 0.526. The molecule has 0 unspecified atom stereocenters. The molecule has 0 bridgehead atoms. The third-order valence-electron chi connectivity index (χ3n) is 3.15. The van der Waals surface area contributed by atoms with Crippen molar-refractivity contribution in [3.63, 3.8) is 0 Å². The van der Waals surface area contributed by atoms with Crippen molar-refractivity contribution in [2.75, 3.05) is 18.4 Å². The number of halogens is 2. The van der Waals surface area contributed by atoms with Gasteiger partial charge in [0.1, 0.15) is 0 Å². The third-order valence-corrected chi connectivity index (χ3v) is 3.15. The highest BCUT2D eigenvalue weighted by atomic mass is 19.2. The Kier molecular flexibility index (Phi) is 4.29. The van der Waals surface area contributed by atoms with E-state index in [1.807, 2.05) is 0 Å². The Morgan fingerprint density at radius 2 is 1.90 bits per heavy atom. The monoisotopic (exact) mass is 284 g/mol. The first kappa shape index (κ1) is 14.4. The van der Waals surface area contributed by atoms with E-state index in [0.29, 0.717) is 12.8 Å². The number of anilines is 1. The second-order valence-electron chi connectivity index (χ2n) is 4.58. The first-order valence-corrected chi connectivity index (χ1v) is 6.21. The van der Waals surface area contributed by atoms with Crippen molar-refractivity contribution < 1.29 is 23.5 Å². The van der Waals surface area contributed by atoms with Gasteiger partial charge in [-0.25, -0.2) is 8.78 Å². The molecule has 1 aliphatic rings. The van der Waals surface area contributed by atoms with Crippen LogP contribution in [0.2, 0.25) is 0 Å². The number of amides is 2. The molecule has 1 fully saturated rings. The third kappa shape index (κ3) is 3.11. The molecule has 5 nitrogen and oxygen atoms in total. The fraction of sp³-hybridized carbons (Fsp3) is 0.385. The van der Waals surface area contributed by atoms with E-state index in [-0.39, 0.29) is 18.8 Å². The summed E-state index contributed by atoms with van der Waals surface area (Å²) in [5, 5.41) is 11.4. The number of benzene rings is 1. The summed E-state index contributed by atoms with van der Waals surface area (Å²) in [5.41, 5.74) is -0.375. The van der Waals surface area contributed by atoms with E-state index >= 15 is 0 Å². The molecule has 1 aromatic rings. The van der Waals surface area contributed by atoms with Crippen LogP contribution in [-0.4, -0.2) is 41.0 Å². The summed E-state index contributed by atoms with van der Waals surface area (Å²) >= 11 is 0. The van der Waals surface area contributed by atoms with Crippen LogP contribution in [0.5, 0.6) is 0 Å². The zero-order valence-corrected chi connectivity index (χ0v) is 10.6. The normalized spacial score (nSPS) is 16.1. The van der Waals surface area contributed by atoms with Crippen molar-refractivity contribution in [2.45, 2.75) is 18.9 Å². The number of nitrogens with one attached hydrogen (secondary N) is 1. The first-order valence-electron chi connectivity index (χ1n) is 6.21. The second-order valence-corrected chi connectivity index (χ2v) is 4.58. The number of nitrogens with zero attached hydrogens (tertiary/aromatic N) is 1. The summed E-state index contributed by atoms with van der Waals surface area (Å²) in [6.07, 6.45) is 0.323. The van der Waals surface area contributed by atoms with Gasteiger partial charge in [0.05, 0.1) is 11.8 Å². The molecule has 108 valence electrons. The molecule has 2 N–H and O–H groups in total. The number of likely N-dealkylation sites (tertiary alicyclic amines) is 1. The fourth-order valence-electron chi connectivity index (χ4n) is 1.99. The fourth-order valence-corrected chi connectivity index (χ4v) is 1.99. The minimum absolute atomic E-state index is 0.263. The molecule has 20 heavy (non-hydrogen) atoms. The van der Waals surface area contributed by atoms with Crippen molar-refractivity contribution in [1.29, 1.82) is 0 Å². The first-order chi connectivity index (χ1) is 9.49. The molecule has 1 saturated heterocycles. The van der Waals surface area contributed by atoms with Crippen LogP contribution in [0.25, 0.3) is 0 Å². The molecule has 1 heterocycles. The Labute approximate surface area is 114 Å². The van der Waals surface area contributed by atoms with Crippen molar-refractivity contribution >= 4 is 17.5 Å². The lowest BCUT2D eigenvalue weighted by Gasteiger charge is -2.28. The van der Waals surface area contributed by atoms with Crippen LogP contribution in [-0.2, 0) is 9.59 Å². The molecule has 0 radical (unpaired) electrons. The minimum Gasteiger partial charge on any atom is -0.393 e. The average Bonchev–Trinajstić information content (AvgIpc) is 2.44. The topological polar surface area (TPSA) is 69.6 Å². The quantitative estimate of drug-likeness (QED) is 0.752. The van der Waals surface area contributed by atoms with Crippen LogP contribution >= 0.6 is 0 Å². The lowest BCUT2D eigenvalue weighted by atomic mass is 10.1. The van der Waals surface area contributed by atoms with Crippen molar-refractivity contribution in [2.24, 2.45) is 0 Å². The molecule has 1 aromatic carbocycles. The van der Waals surface area contributed by atoms with Crippen LogP contribution in [0.3, 0.4) is 0 Å². The smallest absolute Gasteiger partial charge is 0.313 e. The number of piperidine rings is 1. The van der Waals surface area contributed by atoms with Crippen molar-refractivity contribution in [1.82, 2.24) is 4.90 Å². The Morgan fingerprint density at radius 1 is 1.25 bits per heavy atom.